The maximum Gasteiger partial charge on any atom is 0.402 e. The second-order valence-electron chi connectivity index (χ2n) is 13.1. The van der Waals surface area contributed by atoms with Crippen LogP contribution in [0, 0.1) is 0 Å². The quantitative estimate of drug-likeness (QED) is 0.0738. The van der Waals surface area contributed by atoms with Crippen LogP contribution in [-0.4, -0.2) is 177 Å². The lowest BCUT2D eigenvalue weighted by molar-refractivity contribution is -0.318. The van der Waals surface area contributed by atoms with E-state index < -0.39 is 134 Å². The van der Waals surface area contributed by atoms with Gasteiger partial charge < -0.3 is 99.9 Å². The smallest absolute Gasteiger partial charge is 0.402 e. The van der Waals surface area contributed by atoms with Crippen molar-refractivity contribution in [3.8, 4) is 45.8 Å². The molecule has 15 atom stereocenters. The number of rotatable bonds is 9. The van der Waals surface area contributed by atoms with Crippen molar-refractivity contribution in [1.29, 1.82) is 0 Å². The number of phenolic OH excluding ortho intramolecular Hbond substituents is 4. The van der Waals surface area contributed by atoms with Crippen molar-refractivity contribution < 1.29 is 104 Å². The number of ether oxygens (including phenoxy) is 6. The minimum atomic E-state index is -1.99. The molecule has 7 unspecified atom stereocenters. The van der Waals surface area contributed by atoms with Crippen LogP contribution in [-0.2, 0) is 18.9 Å². The normalized spacial score (nSPS) is 37.3. The van der Waals surface area contributed by atoms with E-state index in [1.807, 2.05) is 0 Å². The van der Waals surface area contributed by atoms with Gasteiger partial charge >= 0.3 is 11.3 Å². The van der Waals surface area contributed by atoms with Crippen molar-refractivity contribution in [3.05, 3.63) is 30.3 Å². The molecule has 21 nitrogen and oxygen atoms in total. The van der Waals surface area contributed by atoms with E-state index in [-0.39, 0.29) is 28.0 Å². The molecule has 2 aromatic carbocycles. The summed E-state index contributed by atoms with van der Waals surface area (Å²) >= 11 is 0. The number of aliphatic hydroxyl groups is 10. The van der Waals surface area contributed by atoms with E-state index in [1.54, 1.807) is 0 Å². The van der Waals surface area contributed by atoms with Gasteiger partial charge in [-0.2, -0.15) is 0 Å². The summed E-state index contributed by atoms with van der Waals surface area (Å²) < 4.78 is 39.8. The van der Waals surface area contributed by atoms with Gasteiger partial charge in [-0.05, 0) is 6.92 Å². The molecule has 0 saturated carbocycles. The fourth-order valence-corrected chi connectivity index (χ4v) is 6.20. The SMILES string of the molecule is CC1O[C@@H](OCC2O[C@@H](Oc3cc4c(O[C@@H]5OC(CO)[C@@H](O)[C@H](O)C5O)cc(O)cc4[o+]c3-c3cc(O)c(O)c(O)c3)C(O)C(O)[C@@H]2O)C(O)[C@@H](O)[C@H]1O. The summed E-state index contributed by atoms with van der Waals surface area (Å²) in [7, 11) is 0. The van der Waals surface area contributed by atoms with Gasteiger partial charge in [-0.3, -0.25) is 0 Å². The molecule has 21 heteroatoms. The third-order valence-electron chi connectivity index (χ3n) is 9.37. The van der Waals surface area contributed by atoms with Crippen LogP contribution < -0.4 is 9.47 Å². The Labute approximate surface area is 303 Å². The zero-order valence-electron chi connectivity index (χ0n) is 28.1. The standard InChI is InChI=1S/C33H40O21/c1-9-20(38)24(42)27(45)31(49-9)48-8-19-23(41)26(44)29(47)33(54-19)52-17-6-12-15(50-30(17)10-2-13(36)21(39)14(37)3-10)4-11(35)5-16(12)51-32-28(46)25(43)22(40)18(7-34)53-32/h2-6,9,18-20,22-29,31-34,38,40-47H,7-8H2,1H3,(H3-,35,36,37,39)/p+1/t9?,18?,19?,20-,22+,23+,24-,25-,26?,27?,28?,29?,31+,32+,33+/m0/s1. The number of hydrogen-bond acceptors (Lipinski definition) is 20. The summed E-state index contributed by atoms with van der Waals surface area (Å²) in [5, 5.41) is 144. The average molecular weight is 774 g/mol. The molecule has 0 bridgehead atoms. The molecular formula is C33H41O21+. The van der Waals surface area contributed by atoms with Crippen molar-refractivity contribution in [1.82, 2.24) is 0 Å². The van der Waals surface area contributed by atoms with Gasteiger partial charge in [0.2, 0.25) is 18.3 Å². The first-order chi connectivity index (χ1) is 25.5. The fourth-order valence-electron chi connectivity index (χ4n) is 6.20. The van der Waals surface area contributed by atoms with E-state index in [1.165, 1.54) is 13.0 Å². The highest BCUT2D eigenvalue weighted by Gasteiger charge is 2.49. The number of aromatic hydroxyl groups is 4. The monoisotopic (exact) mass is 773 g/mol. The zero-order valence-corrected chi connectivity index (χ0v) is 28.1. The maximum absolute atomic E-state index is 10.9. The van der Waals surface area contributed by atoms with E-state index in [0.717, 1.165) is 24.3 Å². The minimum Gasteiger partial charge on any atom is -0.507 e. The first-order valence-electron chi connectivity index (χ1n) is 16.5. The average Bonchev–Trinajstić information content (AvgIpc) is 3.14. The molecular weight excluding hydrogens is 732 g/mol. The Morgan fingerprint density at radius 3 is 1.74 bits per heavy atom. The molecule has 6 rings (SSSR count). The Hall–Kier alpha value is -3.91. The second-order valence-corrected chi connectivity index (χ2v) is 13.1. The Morgan fingerprint density at radius 2 is 1.13 bits per heavy atom. The van der Waals surface area contributed by atoms with Crippen LogP contribution in [0.2, 0.25) is 0 Å². The molecule has 0 aliphatic carbocycles. The van der Waals surface area contributed by atoms with Gasteiger partial charge in [0.25, 0.3) is 0 Å². The van der Waals surface area contributed by atoms with Gasteiger partial charge in [-0.15, -0.1) is 0 Å². The van der Waals surface area contributed by atoms with Crippen LogP contribution in [0.4, 0.5) is 0 Å². The highest BCUT2D eigenvalue weighted by molar-refractivity contribution is 5.89. The van der Waals surface area contributed by atoms with Gasteiger partial charge in [0.1, 0.15) is 84.0 Å². The summed E-state index contributed by atoms with van der Waals surface area (Å²) in [4.78, 5) is 0. The summed E-state index contributed by atoms with van der Waals surface area (Å²) in [6, 6.07) is 5.22. The van der Waals surface area contributed by atoms with E-state index in [2.05, 4.69) is 0 Å². The van der Waals surface area contributed by atoms with Crippen molar-refractivity contribution in [3.63, 3.8) is 0 Å². The van der Waals surface area contributed by atoms with Crippen LogP contribution in [0.15, 0.2) is 34.7 Å². The van der Waals surface area contributed by atoms with Gasteiger partial charge in [0.05, 0.1) is 30.9 Å². The number of fused-ring (bicyclic) bond motifs is 1. The Balaban J connectivity index is 1.36. The lowest BCUT2D eigenvalue weighted by Crippen LogP contribution is -2.61. The van der Waals surface area contributed by atoms with E-state index in [9.17, 15) is 71.5 Å². The molecule has 14 N–H and O–H groups in total. The van der Waals surface area contributed by atoms with Gasteiger partial charge in [0, 0.05) is 24.3 Å². The molecule has 3 saturated heterocycles. The van der Waals surface area contributed by atoms with Crippen molar-refractivity contribution in [2.24, 2.45) is 0 Å². The molecule has 3 aromatic rings. The minimum absolute atomic E-state index is 0.0696. The van der Waals surface area contributed by atoms with E-state index >= 15 is 0 Å². The molecule has 3 fully saturated rings. The summed E-state index contributed by atoms with van der Waals surface area (Å²) in [5.41, 5.74) is -0.355. The van der Waals surface area contributed by atoms with Crippen LogP contribution in [0.1, 0.15) is 6.92 Å². The van der Waals surface area contributed by atoms with Crippen LogP contribution in [0.5, 0.6) is 34.5 Å². The highest BCUT2D eigenvalue weighted by Crippen LogP contribution is 2.45. The van der Waals surface area contributed by atoms with Gasteiger partial charge in [-0.1, -0.05) is 0 Å². The summed E-state index contributed by atoms with van der Waals surface area (Å²) in [6.45, 7) is 0.00397. The Morgan fingerprint density at radius 1 is 0.593 bits per heavy atom. The predicted molar refractivity (Wildman–Crippen MR) is 173 cm³/mol. The summed E-state index contributed by atoms with van der Waals surface area (Å²) in [5.74, 6) is -4.04. The Bertz CT molecular complexity index is 1770. The van der Waals surface area contributed by atoms with Crippen molar-refractivity contribution >= 4 is 11.0 Å². The first kappa shape index (κ1) is 39.8. The van der Waals surface area contributed by atoms with Gasteiger partial charge in [0.15, 0.2) is 23.5 Å². The maximum atomic E-state index is 10.9. The zero-order chi connectivity index (χ0) is 39.3. The van der Waals surface area contributed by atoms with E-state index in [4.69, 9.17) is 32.8 Å². The molecule has 4 heterocycles. The molecule has 1 aromatic heterocycles. The highest BCUT2D eigenvalue weighted by atomic mass is 16.7. The first-order valence-corrected chi connectivity index (χ1v) is 16.5. The molecule has 0 radical (unpaired) electrons. The topological polar surface area (TPSA) is 350 Å². The fraction of sp³-hybridized carbons (Fsp3) is 0.545. The van der Waals surface area contributed by atoms with Crippen LogP contribution in [0.3, 0.4) is 0 Å². The molecule has 3 aliphatic rings. The lowest BCUT2D eigenvalue weighted by Gasteiger charge is -2.42. The van der Waals surface area contributed by atoms with Crippen molar-refractivity contribution in [2.45, 2.75) is 99.0 Å². The van der Waals surface area contributed by atoms with Crippen LogP contribution >= 0.6 is 0 Å². The molecule has 0 spiro atoms. The van der Waals surface area contributed by atoms with Crippen molar-refractivity contribution in [2.75, 3.05) is 13.2 Å². The lowest BCUT2D eigenvalue weighted by atomic mass is 9.98. The number of aliphatic hydroxyl groups excluding tert-OH is 10. The molecule has 3 aliphatic heterocycles. The van der Waals surface area contributed by atoms with Gasteiger partial charge in [-0.25, -0.2) is 4.42 Å². The molecule has 0 amide bonds. The number of phenols is 4. The third kappa shape index (κ3) is 7.52. The predicted octanol–water partition coefficient (Wildman–Crippen LogP) is -3.59. The number of benzene rings is 2. The second kappa shape index (κ2) is 15.7. The van der Waals surface area contributed by atoms with E-state index in [0.29, 0.717) is 0 Å². The third-order valence-corrected chi connectivity index (χ3v) is 9.37. The number of hydrogen-bond donors (Lipinski definition) is 14. The molecule has 54 heavy (non-hydrogen) atoms. The Kier molecular flexibility index (Phi) is 11.5. The largest absolute Gasteiger partial charge is 0.507 e. The summed E-state index contributed by atoms with van der Waals surface area (Å²) in [6.07, 6.45) is -24.9. The van der Waals surface area contributed by atoms with Crippen LogP contribution in [0.25, 0.3) is 22.3 Å². The molecule has 298 valence electrons.